The Kier molecular flexibility index (Phi) is 12.3. The van der Waals surface area contributed by atoms with E-state index in [1.54, 1.807) is 11.0 Å². The van der Waals surface area contributed by atoms with Gasteiger partial charge in [-0.2, -0.15) is 17.5 Å². The first-order valence-electron chi connectivity index (χ1n) is 18.2. The van der Waals surface area contributed by atoms with Gasteiger partial charge < -0.3 is 34.1 Å². The van der Waals surface area contributed by atoms with E-state index in [4.69, 9.17) is 23.9 Å². The number of sulfonamides is 1. The lowest BCUT2D eigenvalue weighted by Gasteiger charge is -2.36. The van der Waals surface area contributed by atoms with E-state index in [1.165, 1.54) is 26.2 Å². The minimum absolute atomic E-state index is 0.0572. The molecule has 1 aromatic heterocycles. The van der Waals surface area contributed by atoms with Crippen molar-refractivity contribution in [3.05, 3.63) is 47.5 Å². The lowest BCUT2D eigenvalue weighted by Crippen LogP contribution is -2.46. The van der Waals surface area contributed by atoms with Gasteiger partial charge in [0.15, 0.2) is 11.5 Å². The number of nitrogens with zero attached hydrogens (tertiary/aromatic N) is 5. The van der Waals surface area contributed by atoms with Gasteiger partial charge >= 0.3 is 12.3 Å². The normalized spacial score (nSPS) is 19.3. The van der Waals surface area contributed by atoms with Gasteiger partial charge in [0.05, 0.1) is 50.4 Å². The van der Waals surface area contributed by atoms with E-state index in [2.05, 4.69) is 10.2 Å². The summed E-state index contributed by atoms with van der Waals surface area (Å²) in [6, 6.07) is 7.06. The molecule has 1 N–H and O–H groups in total. The summed E-state index contributed by atoms with van der Waals surface area (Å²) in [6.45, 7) is 0.763. The van der Waals surface area contributed by atoms with Crippen LogP contribution in [0.1, 0.15) is 36.8 Å². The van der Waals surface area contributed by atoms with Crippen LogP contribution in [0.15, 0.2) is 41.3 Å². The molecule has 0 aliphatic carbocycles. The average Bonchev–Trinajstić information content (AvgIpc) is 3.59. The molecule has 4 heterocycles. The van der Waals surface area contributed by atoms with E-state index < -0.39 is 45.2 Å². The Balaban J connectivity index is 1.39. The molecule has 6 rings (SSSR count). The van der Waals surface area contributed by atoms with Crippen LogP contribution in [0, 0.1) is 5.92 Å². The number of ether oxygens (including phenoxy) is 4. The highest BCUT2D eigenvalue weighted by molar-refractivity contribution is 7.89. The number of nitrogens with one attached hydrogen (secondary N) is 1. The molecule has 15 nitrogen and oxygen atoms in total. The van der Waals surface area contributed by atoms with E-state index in [-0.39, 0.29) is 70.5 Å². The van der Waals surface area contributed by atoms with Gasteiger partial charge in [0, 0.05) is 56.3 Å². The molecule has 19 heteroatoms. The number of hydrogen-bond acceptors (Lipinski definition) is 11. The summed E-state index contributed by atoms with van der Waals surface area (Å²) < 4.78 is 91.3. The van der Waals surface area contributed by atoms with Crippen molar-refractivity contribution in [1.82, 2.24) is 24.4 Å². The van der Waals surface area contributed by atoms with Crippen molar-refractivity contribution in [2.75, 3.05) is 85.2 Å². The van der Waals surface area contributed by atoms with Crippen molar-refractivity contribution in [1.29, 1.82) is 0 Å². The minimum Gasteiger partial charge on any atom is -0.493 e. The standard InChI is InChI=1S/C37H45F3N6O9S/c1-52-30-18-29-28(33(53-2)34(30)54-3)16-25-21-43(32(48)23-45-14-15-55-36(45)49)11-4-5-13-46(56(50,51)27-10-6-9-26(17-27)37(38,39)40)22-31(47)41-19-24-8-7-12-44(20-24)35(25)42-29/h6,9-10,16-18,24H,4-5,7-8,11-15,19-23H2,1-3H3,(H,41,47). The lowest BCUT2D eigenvalue weighted by molar-refractivity contribution is -0.137. The number of anilines is 1. The fraction of sp³-hybridized carbons (Fsp3) is 0.514. The topological polar surface area (TPSA) is 160 Å². The summed E-state index contributed by atoms with van der Waals surface area (Å²) in [5.41, 5.74) is 0.0989. The third kappa shape index (κ3) is 8.83. The quantitative estimate of drug-likeness (QED) is 0.369. The number of hydrogen-bond donors (Lipinski definition) is 1. The summed E-state index contributed by atoms with van der Waals surface area (Å²) in [6.07, 6.45) is -3.52. The second-order valence-electron chi connectivity index (χ2n) is 13.9. The van der Waals surface area contributed by atoms with Gasteiger partial charge in [-0.3, -0.25) is 14.5 Å². The SMILES string of the molecule is COc1cc2nc3c(cc2c(OC)c1OC)CN(C(=O)CN1CCOC1=O)CCCCN(S(=O)(=O)c1cccc(C(F)(F)F)c1)CC(=O)NCC1CCCN3C1. The van der Waals surface area contributed by atoms with Gasteiger partial charge in [0.2, 0.25) is 27.6 Å². The first kappa shape index (κ1) is 40.6. The summed E-state index contributed by atoms with van der Waals surface area (Å²) in [5, 5.41) is 3.45. The molecular formula is C37H45F3N6O9S. The van der Waals surface area contributed by atoms with E-state index >= 15 is 0 Å². The molecule has 304 valence electrons. The van der Waals surface area contributed by atoms with Crippen molar-refractivity contribution in [3.8, 4) is 17.2 Å². The van der Waals surface area contributed by atoms with Gasteiger partial charge in [-0.1, -0.05) is 6.07 Å². The van der Waals surface area contributed by atoms with Crippen LogP contribution in [-0.2, 0) is 37.1 Å². The number of methoxy groups -OCH3 is 3. The lowest BCUT2D eigenvalue weighted by atomic mass is 9.97. The zero-order valence-corrected chi connectivity index (χ0v) is 32.2. The van der Waals surface area contributed by atoms with Gasteiger partial charge in [-0.05, 0) is 55.9 Å². The number of aromatic nitrogens is 1. The summed E-state index contributed by atoms with van der Waals surface area (Å²) in [4.78, 5) is 49.2. The minimum atomic E-state index is -4.78. The molecule has 0 saturated carbocycles. The van der Waals surface area contributed by atoms with Crippen molar-refractivity contribution < 1.29 is 54.9 Å². The fourth-order valence-corrected chi connectivity index (χ4v) is 8.78. The highest BCUT2D eigenvalue weighted by Crippen LogP contribution is 2.44. The molecular weight excluding hydrogens is 762 g/mol. The van der Waals surface area contributed by atoms with Gasteiger partial charge in [-0.15, -0.1) is 0 Å². The van der Waals surface area contributed by atoms with Gasteiger partial charge in [-0.25, -0.2) is 18.2 Å². The second-order valence-corrected chi connectivity index (χ2v) is 15.8. The maximum absolute atomic E-state index is 14.0. The van der Waals surface area contributed by atoms with E-state index in [1.807, 2.05) is 6.07 Å². The number of pyridine rings is 1. The Labute approximate surface area is 322 Å². The molecule has 2 bridgehead atoms. The highest BCUT2D eigenvalue weighted by atomic mass is 32.2. The van der Waals surface area contributed by atoms with Crippen molar-refractivity contribution in [2.45, 2.75) is 43.3 Å². The Morgan fingerprint density at radius 1 is 0.964 bits per heavy atom. The number of cyclic esters (lactones) is 1. The molecule has 3 aromatic rings. The number of carbonyl (C=O) groups is 3. The first-order chi connectivity index (χ1) is 26.7. The van der Waals surface area contributed by atoms with Crippen LogP contribution in [0.2, 0.25) is 0 Å². The average molecular weight is 807 g/mol. The summed E-state index contributed by atoms with van der Waals surface area (Å²) in [5.74, 6) is 0.705. The van der Waals surface area contributed by atoms with E-state index in [0.717, 1.165) is 35.3 Å². The Morgan fingerprint density at radius 3 is 2.43 bits per heavy atom. The number of alkyl halides is 3. The molecule has 2 saturated heterocycles. The number of amides is 3. The van der Waals surface area contributed by atoms with Gasteiger partial charge in [0.25, 0.3) is 0 Å². The number of fused-ring (bicyclic) bond motifs is 5. The Hall–Kier alpha value is -5.04. The first-order valence-corrected chi connectivity index (χ1v) is 19.7. The molecule has 0 radical (unpaired) electrons. The van der Waals surface area contributed by atoms with Crippen LogP contribution in [0.4, 0.5) is 23.8 Å². The monoisotopic (exact) mass is 806 g/mol. The van der Waals surface area contributed by atoms with Gasteiger partial charge in [0.1, 0.15) is 19.0 Å². The Morgan fingerprint density at radius 2 is 1.73 bits per heavy atom. The largest absolute Gasteiger partial charge is 0.493 e. The number of rotatable bonds is 7. The van der Waals surface area contributed by atoms with Crippen LogP contribution in [-0.4, -0.2) is 126 Å². The van der Waals surface area contributed by atoms with Crippen molar-refractivity contribution in [2.24, 2.45) is 5.92 Å². The van der Waals surface area contributed by atoms with Crippen LogP contribution < -0.4 is 24.4 Å². The number of halogens is 3. The third-order valence-corrected chi connectivity index (χ3v) is 12.0. The second kappa shape index (κ2) is 17.0. The van der Waals surface area contributed by atoms with Crippen LogP contribution in [0.5, 0.6) is 17.2 Å². The highest BCUT2D eigenvalue weighted by Gasteiger charge is 2.35. The van der Waals surface area contributed by atoms with E-state index in [0.29, 0.717) is 58.7 Å². The molecule has 2 fully saturated rings. The predicted molar refractivity (Wildman–Crippen MR) is 197 cm³/mol. The fourth-order valence-electron chi connectivity index (χ4n) is 7.30. The van der Waals surface area contributed by atoms with Crippen LogP contribution in [0.3, 0.4) is 0 Å². The predicted octanol–water partition coefficient (Wildman–Crippen LogP) is 3.88. The third-order valence-electron chi connectivity index (χ3n) is 10.2. The molecule has 3 amide bonds. The summed E-state index contributed by atoms with van der Waals surface area (Å²) in [7, 11) is -0.0542. The molecule has 3 aliphatic heterocycles. The zero-order chi connectivity index (χ0) is 40.2. The maximum atomic E-state index is 14.0. The van der Waals surface area contributed by atoms with E-state index in [9.17, 15) is 36.0 Å². The van der Waals surface area contributed by atoms with Crippen molar-refractivity contribution in [3.63, 3.8) is 0 Å². The smallest absolute Gasteiger partial charge is 0.416 e. The maximum Gasteiger partial charge on any atom is 0.416 e. The summed E-state index contributed by atoms with van der Waals surface area (Å²) >= 11 is 0. The van der Waals surface area contributed by atoms with Crippen LogP contribution in [0.25, 0.3) is 10.9 Å². The molecule has 56 heavy (non-hydrogen) atoms. The van der Waals surface area contributed by atoms with Crippen molar-refractivity contribution >= 4 is 44.7 Å². The molecule has 0 spiro atoms. The number of carbonyl (C=O) groups excluding carboxylic acids is 3. The number of benzene rings is 2. The molecule has 3 aliphatic rings. The Bertz CT molecular complexity index is 2070. The van der Waals surface area contributed by atoms with Crippen LogP contribution >= 0.6 is 0 Å². The molecule has 1 atom stereocenters. The number of piperidine rings is 1. The zero-order valence-electron chi connectivity index (χ0n) is 31.4. The molecule has 1 unspecified atom stereocenters. The molecule has 2 aromatic carbocycles.